The smallest absolute Gasteiger partial charge is 0.240 e. The van der Waals surface area contributed by atoms with Crippen molar-refractivity contribution in [1.82, 2.24) is 4.98 Å². The zero-order valence-corrected chi connectivity index (χ0v) is 10.1. The summed E-state index contributed by atoms with van der Waals surface area (Å²) in [6.45, 7) is 2.58. The number of methoxy groups -OCH3 is 1. The van der Waals surface area contributed by atoms with Crippen LogP contribution in [0.2, 0.25) is 0 Å². The van der Waals surface area contributed by atoms with E-state index in [9.17, 15) is 4.79 Å². The van der Waals surface area contributed by atoms with Crippen LogP contribution in [0.25, 0.3) is 0 Å². The van der Waals surface area contributed by atoms with Gasteiger partial charge in [-0.1, -0.05) is 6.07 Å². The summed E-state index contributed by atoms with van der Waals surface area (Å²) in [6, 6.07) is 5.41. The fraction of sp³-hybridized carbons (Fsp3) is 0.500. The van der Waals surface area contributed by atoms with Crippen LogP contribution in [0.3, 0.4) is 0 Å². The molecule has 0 aliphatic carbocycles. The van der Waals surface area contributed by atoms with Crippen LogP contribution in [-0.2, 0) is 9.53 Å². The van der Waals surface area contributed by atoms with Gasteiger partial charge in [0.1, 0.15) is 11.9 Å². The summed E-state index contributed by atoms with van der Waals surface area (Å²) in [6.07, 6.45) is 0.663. The standard InChI is InChI=1S/C12H17N3O2/c1-8-4-3-5-11(14-8)15-7-9(17-2)6-10(15)12(13)16/h3-5,9-10H,6-7H2,1-2H3,(H2,13,16)/t9-,10-/m0/s1. The topological polar surface area (TPSA) is 68.5 Å². The van der Waals surface area contributed by atoms with Gasteiger partial charge < -0.3 is 15.4 Å². The lowest BCUT2D eigenvalue weighted by Gasteiger charge is -2.23. The number of nitrogens with two attached hydrogens (primary N) is 1. The number of aromatic nitrogens is 1. The number of nitrogens with zero attached hydrogens (tertiary/aromatic N) is 2. The predicted molar refractivity (Wildman–Crippen MR) is 64.7 cm³/mol. The number of pyridine rings is 1. The molecule has 2 atom stereocenters. The van der Waals surface area contributed by atoms with Crippen LogP contribution < -0.4 is 10.6 Å². The van der Waals surface area contributed by atoms with Crippen molar-refractivity contribution in [1.29, 1.82) is 0 Å². The van der Waals surface area contributed by atoms with E-state index in [1.807, 2.05) is 30.0 Å². The second kappa shape index (κ2) is 4.71. The first kappa shape index (κ1) is 11.9. The Morgan fingerprint density at radius 1 is 1.59 bits per heavy atom. The summed E-state index contributed by atoms with van der Waals surface area (Å²) in [5, 5.41) is 0. The summed E-state index contributed by atoms with van der Waals surface area (Å²) in [5.41, 5.74) is 6.34. The van der Waals surface area contributed by atoms with E-state index in [-0.39, 0.29) is 18.1 Å². The Morgan fingerprint density at radius 2 is 2.35 bits per heavy atom. The first-order valence-corrected chi connectivity index (χ1v) is 5.64. The van der Waals surface area contributed by atoms with E-state index in [0.29, 0.717) is 13.0 Å². The zero-order chi connectivity index (χ0) is 12.4. The highest BCUT2D eigenvalue weighted by atomic mass is 16.5. The molecule has 0 spiro atoms. The van der Waals surface area contributed by atoms with Gasteiger partial charge >= 0.3 is 0 Å². The van der Waals surface area contributed by atoms with Crippen LogP contribution in [-0.4, -0.2) is 36.7 Å². The molecule has 5 nitrogen and oxygen atoms in total. The number of primary amides is 1. The molecule has 92 valence electrons. The number of anilines is 1. The molecule has 0 aromatic carbocycles. The third kappa shape index (κ3) is 2.39. The molecule has 5 heteroatoms. The number of amides is 1. The monoisotopic (exact) mass is 235 g/mol. The molecule has 2 heterocycles. The summed E-state index contributed by atoms with van der Waals surface area (Å²) < 4.78 is 5.30. The number of hydrogen-bond acceptors (Lipinski definition) is 4. The maximum atomic E-state index is 11.4. The maximum absolute atomic E-state index is 11.4. The van der Waals surface area contributed by atoms with Crippen LogP contribution >= 0.6 is 0 Å². The second-order valence-corrected chi connectivity index (χ2v) is 4.30. The number of hydrogen-bond donors (Lipinski definition) is 1. The Labute approximate surface area is 101 Å². The van der Waals surface area contributed by atoms with E-state index < -0.39 is 0 Å². The summed E-state index contributed by atoms with van der Waals surface area (Å²) >= 11 is 0. The molecule has 0 bridgehead atoms. The number of aryl methyl sites for hydroxylation is 1. The average Bonchev–Trinajstić information content (AvgIpc) is 2.73. The Kier molecular flexibility index (Phi) is 3.28. The van der Waals surface area contributed by atoms with E-state index in [4.69, 9.17) is 10.5 Å². The number of ether oxygens (including phenoxy) is 1. The summed E-state index contributed by atoms with van der Waals surface area (Å²) in [7, 11) is 1.65. The molecule has 1 aromatic heterocycles. The van der Waals surface area contributed by atoms with Gasteiger partial charge in [-0.05, 0) is 19.1 Å². The lowest BCUT2D eigenvalue weighted by atomic mass is 10.2. The van der Waals surface area contributed by atoms with Crippen LogP contribution in [0, 0.1) is 6.92 Å². The number of carbonyl (C=O) groups is 1. The third-order valence-corrected chi connectivity index (χ3v) is 3.09. The molecule has 1 aliphatic rings. The maximum Gasteiger partial charge on any atom is 0.240 e. The van der Waals surface area contributed by atoms with Crippen molar-refractivity contribution in [3.05, 3.63) is 23.9 Å². The molecule has 0 radical (unpaired) electrons. The minimum Gasteiger partial charge on any atom is -0.380 e. The van der Waals surface area contributed by atoms with Crippen molar-refractivity contribution in [2.75, 3.05) is 18.6 Å². The molecule has 2 N–H and O–H groups in total. The van der Waals surface area contributed by atoms with Crippen molar-refractivity contribution in [3.8, 4) is 0 Å². The predicted octanol–water partition coefficient (Wildman–Crippen LogP) is 0.469. The van der Waals surface area contributed by atoms with Gasteiger partial charge in [-0.2, -0.15) is 0 Å². The molecule has 1 aromatic rings. The van der Waals surface area contributed by atoms with E-state index in [1.54, 1.807) is 7.11 Å². The SMILES string of the molecule is CO[C@H]1C[C@@H](C(N)=O)N(c2cccc(C)n2)C1. The zero-order valence-electron chi connectivity index (χ0n) is 10.1. The highest BCUT2D eigenvalue weighted by Gasteiger charge is 2.36. The first-order chi connectivity index (χ1) is 8.11. The molecule has 2 rings (SSSR count). The van der Waals surface area contributed by atoms with Crippen LogP contribution in [0.15, 0.2) is 18.2 Å². The van der Waals surface area contributed by atoms with Gasteiger partial charge in [0, 0.05) is 25.8 Å². The minimum absolute atomic E-state index is 0.0369. The van der Waals surface area contributed by atoms with Crippen LogP contribution in [0.4, 0.5) is 5.82 Å². The van der Waals surface area contributed by atoms with Gasteiger partial charge in [-0.15, -0.1) is 0 Å². The highest BCUT2D eigenvalue weighted by Crippen LogP contribution is 2.25. The molecular formula is C12H17N3O2. The first-order valence-electron chi connectivity index (χ1n) is 5.64. The highest BCUT2D eigenvalue weighted by molar-refractivity contribution is 5.84. The van der Waals surface area contributed by atoms with Crippen molar-refractivity contribution < 1.29 is 9.53 Å². The van der Waals surface area contributed by atoms with Crippen molar-refractivity contribution in [3.63, 3.8) is 0 Å². The van der Waals surface area contributed by atoms with E-state index in [1.165, 1.54) is 0 Å². The normalized spacial score (nSPS) is 24.0. The second-order valence-electron chi connectivity index (χ2n) is 4.30. The molecule has 17 heavy (non-hydrogen) atoms. The van der Waals surface area contributed by atoms with E-state index in [2.05, 4.69) is 4.98 Å². The number of carbonyl (C=O) groups excluding carboxylic acids is 1. The molecule has 0 unspecified atom stereocenters. The van der Waals surface area contributed by atoms with E-state index >= 15 is 0 Å². The summed E-state index contributed by atoms with van der Waals surface area (Å²) in [4.78, 5) is 17.8. The molecule has 1 saturated heterocycles. The van der Waals surface area contributed by atoms with Gasteiger partial charge in [0.05, 0.1) is 6.10 Å². The number of rotatable bonds is 3. The van der Waals surface area contributed by atoms with Gasteiger partial charge in [0.2, 0.25) is 5.91 Å². The van der Waals surface area contributed by atoms with Gasteiger partial charge in [0.15, 0.2) is 0 Å². The van der Waals surface area contributed by atoms with Gasteiger partial charge in [-0.25, -0.2) is 4.98 Å². The van der Waals surface area contributed by atoms with Crippen molar-refractivity contribution in [2.45, 2.75) is 25.5 Å². The minimum atomic E-state index is -0.326. The van der Waals surface area contributed by atoms with Gasteiger partial charge in [-0.3, -0.25) is 4.79 Å². The van der Waals surface area contributed by atoms with Gasteiger partial charge in [0.25, 0.3) is 0 Å². The lowest BCUT2D eigenvalue weighted by Crippen LogP contribution is -2.40. The molecule has 1 amide bonds. The molecule has 0 saturated carbocycles. The Hall–Kier alpha value is -1.62. The Morgan fingerprint density at radius 3 is 2.94 bits per heavy atom. The lowest BCUT2D eigenvalue weighted by molar-refractivity contribution is -0.119. The molecule has 1 fully saturated rings. The Balaban J connectivity index is 2.26. The van der Waals surface area contributed by atoms with Crippen molar-refractivity contribution in [2.24, 2.45) is 5.73 Å². The fourth-order valence-corrected chi connectivity index (χ4v) is 2.18. The quantitative estimate of drug-likeness (QED) is 0.827. The molecular weight excluding hydrogens is 218 g/mol. The summed E-state index contributed by atoms with van der Waals surface area (Å²) in [5.74, 6) is 0.459. The molecule has 1 aliphatic heterocycles. The largest absolute Gasteiger partial charge is 0.380 e. The van der Waals surface area contributed by atoms with E-state index in [0.717, 1.165) is 11.5 Å². The average molecular weight is 235 g/mol. The van der Waals surface area contributed by atoms with Crippen LogP contribution in [0.5, 0.6) is 0 Å². The fourth-order valence-electron chi connectivity index (χ4n) is 2.18. The Bertz CT molecular complexity index is 422. The third-order valence-electron chi connectivity index (χ3n) is 3.09. The van der Waals surface area contributed by atoms with Crippen LogP contribution in [0.1, 0.15) is 12.1 Å². The van der Waals surface area contributed by atoms with Crippen molar-refractivity contribution >= 4 is 11.7 Å².